The van der Waals surface area contributed by atoms with Crippen LogP contribution in [-0.4, -0.2) is 24.5 Å². The average molecular weight is 181 g/mol. The molecule has 2 rings (SSSR count). The van der Waals surface area contributed by atoms with Gasteiger partial charge in [0, 0.05) is 6.54 Å². The van der Waals surface area contributed by atoms with Crippen molar-refractivity contribution in [3.8, 4) is 0 Å². The molecule has 0 radical (unpaired) electrons. The quantitative estimate of drug-likeness (QED) is 0.633. The first kappa shape index (κ1) is 9.51. The molecule has 1 saturated carbocycles. The fourth-order valence-electron chi connectivity index (χ4n) is 3.34. The van der Waals surface area contributed by atoms with Gasteiger partial charge in [0.05, 0.1) is 0 Å². The van der Waals surface area contributed by atoms with E-state index in [0.29, 0.717) is 0 Å². The molecule has 2 aliphatic rings. The number of rotatable bonds is 2. The zero-order valence-electron chi connectivity index (χ0n) is 9.18. The number of hydrogen-bond donors (Lipinski definition) is 0. The molecule has 2 unspecified atom stereocenters. The molecular weight excluding hydrogens is 158 g/mol. The van der Waals surface area contributed by atoms with Crippen molar-refractivity contribution in [1.82, 2.24) is 4.90 Å². The van der Waals surface area contributed by atoms with E-state index in [0.717, 1.165) is 11.3 Å². The Balaban J connectivity index is 1.93. The van der Waals surface area contributed by atoms with Gasteiger partial charge in [-0.3, -0.25) is 0 Å². The van der Waals surface area contributed by atoms with Gasteiger partial charge in [0.25, 0.3) is 0 Å². The molecule has 0 aromatic carbocycles. The molecule has 0 N–H and O–H groups in total. The van der Waals surface area contributed by atoms with Crippen molar-refractivity contribution >= 4 is 0 Å². The van der Waals surface area contributed by atoms with Gasteiger partial charge in [0.1, 0.15) is 0 Å². The highest BCUT2D eigenvalue weighted by atomic mass is 15.1. The molecule has 1 aliphatic heterocycles. The van der Waals surface area contributed by atoms with E-state index in [1.807, 2.05) is 0 Å². The van der Waals surface area contributed by atoms with Gasteiger partial charge >= 0.3 is 0 Å². The third-order valence-corrected chi connectivity index (χ3v) is 4.35. The molecule has 0 amide bonds. The first-order valence-electron chi connectivity index (χ1n) is 6.00. The second-order valence-corrected chi connectivity index (χ2v) is 5.14. The summed E-state index contributed by atoms with van der Waals surface area (Å²) in [6.07, 6.45) is 7.45. The molecule has 76 valence electrons. The Morgan fingerprint density at radius 1 is 1.31 bits per heavy atom. The molecule has 1 heteroatoms. The molecular formula is C12H23N. The van der Waals surface area contributed by atoms with Gasteiger partial charge in [-0.25, -0.2) is 0 Å². The van der Waals surface area contributed by atoms with E-state index in [4.69, 9.17) is 0 Å². The number of hydrogen-bond acceptors (Lipinski definition) is 1. The lowest BCUT2D eigenvalue weighted by atomic mass is 9.84. The molecule has 1 spiro atoms. The summed E-state index contributed by atoms with van der Waals surface area (Å²) in [6.45, 7) is 8.69. The molecule has 2 atom stereocenters. The summed E-state index contributed by atoms with van der Waals surface area (Å²) in [6, 6.07) is 0. The smallest absolute Gasteiger partial charge is 0.00384 e. The van der Waals surface area contributed by atoms with Crippen LogP contribution in [-0.2, 0) is 0 Å². The van der Waals surface area contributed by atoms with Crippen LogP contribution in [0.3, 0.4) is 0 Å². The minimum absolute atomic E-state index is 0.761. The minimum atomic E-state index is 0.761. The SMILES string of the molecule is CCC1CCC2(CCN(CC)C2)C1. The van der Waals surface area contributed by atoms with Crippen LogP contribution in [0.5, 0.6) is 0 Å². The Kier molecular flexibility index (Phi) is 2.64. The van der Waals surface area contributed by atoms with Crippen LogP contribution in [0.25, 0.3) is 0 Å². The molecule has 1 saturated heterocycles. The predicted octanol–water partition coefficient (Wildman–Crippen LogP) is 2.91. The monoisotopic (exact) mass is 181 g/mol. The maximum Gasteiger partial charge on any atom is 0.00384 e. The van der Waals surface area contributed by atoms with Crippen LogP contribution >= 0.6 is 0 Å². The average Bonchev–Trinajstić information content (AvgIpc) is 2.74. The van der Waals surface area contributed by atoms with E-state index in [2.05, 4.69) is 18.7 Å². The van der Waals surface area contributed by atoms with Gasteiger partial charge < -0.3 is 4.90 Å². The van der Waals surface area contributed by atoms with Gasteiger partial charge in [-0.15, -0.1) is 0 Å². The Morgan fingerprint density at radius 2 is 2.15 bits per heavy atom. The van der Waals surface area contributed by atoms with E-state index in [1.54, 1.807) is 0 Å². The number of nitrogens with zero attached hydrogens (tertiary/aromatic N) is 1. The highest BCUT2D eigenvalue weighted by Crippen LogP contribution is 2.48. The first-order chi connectivity index (χ1) is 6.28. The highest BCUT2D eigenvalue weighted by Gasteiger charge is 2.42. The fourth-order valence-corrected chi connectivity index (χ4v) is 3.34. The lowest BCUT2D eigenvalue weighted by Gasteiger charge is -2.23. The van der Waals surface area contributed by atoms with E-state index >= 15 is 0 Å². The van der Waals surface area contributed by atoms with E-state index in [-0.39, 0.29) is 0 Å². The first-order valence-corrected chi connectivity index (χ1v) is 6.00. The Hall–Kier alpha value is -0.0400. The standard InChI is InChI=1S/C12H23N/c1-3-11-5-6-12(9-11)7-8-13(4-2)10-12/h11H,3-10H2,1-2H3. The Labute approximate surface area is 82.5 Å². The summed E-state index contributed by atoms with van der Waals surface area (Å²) < 4.78 is 0. The lowest BCUT2D eigenvalue weighted by Crippen LogP contribution is -2.25. The van der Waals surface area contributed by atoms with Gasteiger partial charge in [0.15, 0.2) is 0 Å². The van der Waals surface area contributed by atoms with E-state index < -0.39 is 0 Å². The normalized spacial score (nSPS) is 40.6. The molecule has 2 fully saturated rings. The molecule has 13 heavy (non-hydrogen) atoms. The summed E-state index contributed by atoms with van der Waals surface area (Å²) in [5, 5.41) is 0. The maximum atomic E-state index is 2.64. The second-order valence-electron chi connectivity index (χ2n) is 5.14. The van der Waals surface area contributed by atoms with E-state index in [1.165, 1.54) is 51.7 Å². The Morgan fingerprint density at radius 3 is 2.69 bits per heavy atom. The fraction of sp³-hybridized carbons (Fsp3) is 1.00. The number of likely N-dealkylation sites (tertiary alicyclic amines) is 1. The van der Waals surface area contributed by atoms with Crippen LogP contribution < -0.4 is 0 Å². The van der Waals surface area contributed by atoms with E-state index in [9.17, 15) is 0 Å². The molecule has 0 aromatic rings. The van der Waals surface area contributed by atoms with Crippen molar-refractivity contribution in [1.29, 1.82) is 0 Å². The summed E-state index contributed by atoms with van der Waals surface area (Å²) in [5.74, 6) is 1.05. The zero-order valence-corrected chi connectivity index (χ0v) is 9.18. The van der Waals surface area contributed by atoms with Gasteiger partial charge in [-0.05, 0) is 50.1 Å². The highest BCUT2D eigenvalue weighted by molar-refractivity contribution is 4.95. The van der Waals surface area contributed by atoms with Gasteiger partial charge in [0.2, 0.25) is 0 Å². The van der Waals surface area contributed by atoms with Crippen molar-refractivity contribution in [2.75, 3.05) is 19.6 Å². The zero-order chi connectivity index (χ0) is 9.31. The molecule has 1 nitrogen and oxygen atoms in total. The van der Waals surface area contributed by atoms with Crippen LogP contribution in [0.4, 0.5) is 0 Å². The van der Waals surface area contributed by atoms with Crippen LogP contribution in [0, 0.1) is 11.3 Å². The second kappa shape index (κ2) is 3.61. The van der Waals surface area contributed by atoms with Gasteiger partial charge in [-0.2, -0.15) is 0 Å². The third-order valence-electron chi connectivity index (χ3n) is 4.35. The summed E-state index contributed by atoms with van der Waals surface area (Å²) in [5.41, 5.74) is 0.761. The topological polar surface area (TPSA) is 3.24 Å². The summed E-state index contributed by atoms with van der Waals surface area (Å²) in [7, 11) is 0. The third kappa shape index (κ3) is 1.76. The maximum absolute atomic E-state index is 2.64. The van der Waals surface area contributed by atoms with Crippen molar-refractivity contribution in [2.24, 2.45) is 11.3 Å². The summed E-state index contributed by atoms with van der Waals surface area (Å²) >= 11 is 0. The van der Waals surface area contributed by atoms with Gasteiger partial charge in [-0.1, -0.05) is 20.3 Å². The van der Waals surface area contributed by atoms with Crippen molar-refractivity contribution in [3.63, 3.8) is 0 Å². The minimum Gasteiger partial charge on any atom is -0.303 e. The van der Waals surface area contributed by atoms with Crippen LogP contribution in [0.2, 0.25) is 0 Å². The molecule has 0 bridgehead atoms. The lowest BCUT2D eigenvalue weighted by molar-refractivity contribution is 0.260. The van der Waals surface area contributed by atoms with Crippen LogP contribution in [0.15, 0.2) is 0 Å². The molecule has 1 aliphatic carbocycles. The summed E-state index contributed by atoms with van der Waals surface area (Å²) in [4.78, 5) is 2.64. The predicted molar refractivity (Wildman–Crippen MR) is 56.8 cm³/mol. The van der Waals surface area contributed by atoms with Crippen molar-refractivity contribution in [3.05, 3.63) is 0 Å². The van der Waals surface area contributed by atoms with Crippen molar-refractivity contribution < 1.29 is 0 Å². The molecule has 0 aromatic heterocycles. The molecule has 1 heterocycles. The Bertz CT molecular complexity index is 156. The largest absolute Gasteiger partial charge is 0.303 e. The van der Waals surface area contributed by atoms with Crippen LogP contribution in [0.1, 0.15) is 46.0 Å². The van der Waals surface area contributed by atoms with Crippen molar-refractivity contribution in [2.45, 2.75) is 46.0 Å².